The van der Waals surface area contributed by atoms with Gasteiger partial charge >= 0.3 is 28.3 Å². The number of hydrogen-bond acceptors (Lipinski definition) is 5. The maximum Gasteiger partial charge on any atom is 1.00 e. The molecule has 0 fully saturated rings. The van der Waals surface area contributed by atoms with Gasteiger partial charge in [-0.2, -0.15) is 5.10 Å². The molecule has 1 aromatic heterocycles. The van der Waals surface area contributed by atoms with Crippen LogP contribution in [0.25, 0.3) is 0 Å². The summed E-state index contributed by atoms with van der Waals surface area (Å²) in [6.45, 7) is 0. The molecule has 0 bridgehead atoms. The van der Waals surface area contributed by atoms with E-state index in [9.17, 15) is 4.79 Å². The van der Waals surface area contributed by atoms with Gasteiger partial charge in [-0.3, -0.25) is 5.10 Å². The van der Waals surface area contributed by atoms with Crippen molar-refractivity contribution in [1.29, 1.82) is 0 Å². The fourth-order valence-electron chi connectivity index (χ4n) is 0.379. The number of carboxylic acids is 1. The summed E-state index contributed by atoms with van der Waals surface area (Å²) in [6.07, 6.45) is 1.46. The molecule has 0 unspecified atom stereocenters. The largest absolute Gasteiger partial charge is 1.00 e. The molecule has 8 nitrogen and oxygen atoms in total. The van der Waals surface area contributed by atoms with Gasteiger partial charge in [0.2, 0.25) is 0 Å². The van der Waals surface area contributed by atoms with Crippen molar-refractivity contribution in [2.75, 3.05) is 0 Å². The van der Waals surface area contributed by atoms with Gasteiger partial charge in [0.1, 0.15) is 0 Å². The summed E-state index contributed by atoms with van der Waals surface area (Å²) in [6, 6.07) is 1.39. The fourth-order valence-corrected chi connectivity index (χ4v) is 0.379. The van der Waals surface area contributed by atoms with E-state index in [1.165, 1.54) is 12.3 Å². The van der Waals surface area contributed by atoms with Crippen LogP contribution in [0.2, 0.25) is 0 Å². The minimum Gasteiger partial charge on any atom is -0.476 e. The Hall–Kier alpha value is -1.38. The van der Waals surface area contributed by atoms with Crippen molar-refractivity contribution in [3.05, 3.63) is 33.3 Å². The van der Waals surface area contributed by atoms with Crippen molar-refractivity contribution in [3.8, 4) is 0 Å². The van der Waals surface area contributed by atoms with Crippen LogP contribution in [0.5, 0.6) is 0 Å². The summed E-state index contributed by atoms with van der Waals surface area (Å²) in [5.41, 5.74) is 0.0463. The van der Waals surface area contributed by atoms with E-state index in [4.69, 9.17) is 20.4 Å². The zero-order valence-corrected chi connectivity index (χ0v) is 7.41. The van der Waals surface area contributed by atoms with Crippen LogP contribution in [0, 0.1) is 15.3 Å². The zero-order valence-electron chi connectivity index (χ0n) is 5.93. The molecule has 13 heavy (non-hydrogen) atoms. The average molecular weight is 282 g/mol. The molecular weight excluding hydrogens is 278 g/mol. The monoisotopic (exact) mass is 281 g/mol. The van der Waals surface area contributed by atoms with Crippen LogP contribution in [0.3, 0.4) is 0 Å². The molecule has 0 spiro atoms. The molecule has 1 heterocycles. The molecule has 0 aliphatic rings. The number of rotatable bonds is 1. The Bertz CT molecular complexity index is 257. The molecule has 0 aliphatic heterocycles. The number of H-pyrrole nitrogens is 1. The molecule has 0 saturated heterocycles. The SMILES string of the molecule is O=C(O)c1cc[nH]n1.O=[N+]([O-])[O-].[Ag+]. The van der Waals surface area contributed by atoms with Crippen molar-refractivity contribution in [2.45, 2.75) is 0 Å². The Labute approximate surface area is 87.2 Å². The molecule has 2 N–H and O–H groups in total. The third-order valence-corrected chi connectivity index (χ3v) is 0.720. The van der Waals surface area contributed by atoms with E-state index < -0.39 is 11.1 Å². The molecule has 1 aromatic rings. The molecule has 0 aliphatic carbocycles. The molecule has 0 amide bonds. The summed E-state index contributed by atoms with van der Waals surface area (Å²) in [5.74, 6) is -1.01. The number of nitrogens with zero attached hydrogens (tertiary/aromatic N) is 2. The van der Waals surface area contributed by atoms with Gasteiger partial charge in [0, 0.05) is 6.20 Å². The molecule has 0 aromatic carbocycles. The second kappa shape index (κ2) is 7.28. The van der Waals surface area contributed by atoms with Gasteiger partial charge < -0.3 is 20.4 Å². The fraction of sp³-hybridized carbons (Fsp3) is 0. The minimum atomic E-state index is -1.75. The van der Waals surface area contributed by atoms with Crippen LogP contribution in [0.15, 0.2) is 12.3 Å². The number of nitrogens with one attached hydrogen (secondary N) is 1. The second-order valence-electron chi connectivity index (χ2n) is 1.49. The number of aromatic amines is 1. The Morgan fingerprint density at radius 2 is 2.08 bits per heavy atom. The zero-order chi connectivity index (χ0) is 9.56. The third-order valence-electron chi connectivity index (χ3n) is 0.720. The predicted octanol–water partition coefficient (Wildman–Crippen LogP) is -0.134. The summed E-state index contributed by atoms with van der Waals surface area (Å²) in [5, 5.41) is 28.7. The standard InChI is InChI=1S/C4H4N2O2.Ag.NO3/c7-4(8)3-1-2-5-6-3;;2-1(3)4/h1-2H,(H,5,6)(H,7,8);;/q;+1;-1. The van der Waals surface area contributed by atoms with E-state index in [2.05, 4.69) is 10.2 Å². The Morgan fingerprint density at radius 3 is 2.23 bits per heavy atom. The van der Waals surface area contributed by atoms with E-state index in [-0.39, 0.29) is 28.1 Å². The van der Waals surface area contributed by atoms with Crippen molar-refractivity contribution in [1.82, 2.24) is 10.2 Å². The number of carbonyl (C=O) groups is 1. The normalized spacial score (nSPS) is 7.38. The van der Waals surface area contributed by atoms with Crippen molar-refractivity contribution in [2.24, 2.45) is 0 Å². The quantitative estimate of drug-likeness (QED) is 0.418. The van der Waals surface area contributed by atoms with Crippen LogP contribution in [-0.4, -0.2) is 26.4 Å². The summed E-state index contributed by atoms with van der Waals surface area (Å²) < 4.78 is 0. The second-order valence-corrected chi connectivity index (χ2v) is 1.49. The molecule has 9 heteroatoms. The molecular formula is C4H4AgN3O5. The number of carboxylic acid groups (broad SMARTS) is 1. The Morgan fingerprint density at radius 1 is 1.62 bits per heavy atom. The number of aromatic nitrogens is 2. The molecule has 0 radical (unpaired) electrons. The van der Waals surface area contributed by atoms with Gasteiger partial charge in [0.25, 0.3) is 0 Å². The van der Waals surface area contributed by atoms with Crippen molar-refractivity contribution >= 4 is 5.97 Å². The van der Waals surface area contributed by atoms with Gasteiger partial charge in [0.15, 0.2) is 5.69 Å². The molecule has 1 rings (SSSR count). The summed E-state index contributed by atoms with van der Waals surface area (Å²) in [4.78, 5) is 18.2. The van der Waals surface area contributed by atoms with E-state index in [0.29, 0.717) is 0 Å². The summed E-state index contributed by atoms with van der Waals surface area (Å²) >= 11 is 0. The molecule has 0 saturated carbocycles. The van der Waals surface area contributed by atoms with Crippen molar-refractivity contribution < 1.29 is 37.4 Å². The minimum absolute atomic E-state index is 0. The molecule has 0 atom stereocenters. The van der Waals surface area contributed by atoms with E-state index in [0.717, 1.165) is 0 Å². The van der Waals surface area contributed by atoms with Crippen molar-refractivity contribution in [3.63, 3.8) is 0 Å². The van der Waals surface area contributed by atoms with Gasteiger partial charge in [-0.1, -0.05) is 0 Å². The number of aromatic carboxylic acids is 1. The maximum atomic E-state index is 9.98. The van der Waals surface area contributed by atoms with Gasteiger partial charge in [0.05, 0.1) is 5.09 Å². The van der Waals surface area contributed by atoms with E-state index in [1.807, 2.05) is 0 Å². The number of hydrogen-bond donors (Lipinski definition) is 2. The Balaban J connectivity index is 0. The topological polar surface area (TPSA) is 132 Å². The maximum absolute atomic E-state index is 9.98. The third kappa shape index (κ3) is 8.53. The van der Waals surface area contributed by atoms with Gasteiger partial charge in [-0.25, -0.2) is 4.79 Å². The van der Waals surface area contributed by atoms with Gasteiger partial charge in [-0.15, -0.1) is 0 Å². The smallest absolute Gasteiger partial charge is 0.476 e. The van der Waals surface area contributed by atoms with Crippen LogP contribution in [-0.2, 0) is 22.4 Å². The Kier molecular flexibility index (Phi) is 7.93. The van der Waals surface area contributed by atoms with Crippen LogP contribution < -0.4 is 0 Å². The first kappa shape index (κ1) is 14.2. The van der Waals surface area contributed by atoms with Crippen LogP contribution >= 0.6 is 0 Å². The first-order valence-electron chi connectivity index (χ1n) is 2.58. The van der Waals surface area contributed by atoms with Crippen LogP contribution in [0.4, 0.5) is 0 Å². The molecule has 76 valence electrons. The first-order chi connectivity index (χ1) is 5.54. The summed E-state index contributed by atoms with van der Waals surface area (Å²) in [7, 11) is 0. The predicted molar refractivity (Wildman–Crippen MR) is 35.9 cm³/mol. The van der Waals surface area contributed by atoms with Crippen LogP contribution in [0.1, 0.15) is 10.5 Å². The van der Waals surface area contributed by atoms with E-state index in [1.54, 1.807) is 0 Å². The van der Waals surface area contributed by atoms with E-state index >= 15 is 0 Å². The average Bonchev–Trinajstić information content (AvgIpc) is 2.34. The first-order valence-corrected chi connectivity index (χ1v) is 2.58. The van der Waals surface area contributed by atoms with Gasteiger partial charge in [-0.05, 0) is 6.07 Å².